The number of amides is 1. The number of aliphatic carboxylic acids is 1. The number of carbonyl (C=O) groups excluding carboxylic acids is 2. The molecule has 0 aromatic carbocycles. The van der Waals surface area contributed by atoms with E-state index < -0.39 is 18.5 Å². The Morgan fingerprint density at radius 1 is 0.792 bits per heavy atom. The first-order valence-corrected chi connectivity index (χ1v) is 7.45. The van der Waals surface area contributed by atoms with Crippen molar-refractivity contribution in [2.24, 2.45) is 0 Å². The summed E-state index contributed by atoms with van der Waals surface area (Å²) in [6.45, 7) is 3.27. The maximum Gasteiger partial charge on any atom is 0.329 e. The van der Waals surface area contributed by atoms with Crippen LogP contribution in [0.2, 0.25) is 0 Å². The molecule has 0 unspecified atom stereocenters. The summed E-state index contributed by atoms with van der Waals surface area (Å²) in [5, 5.41) is 10.8. The predicted octanol–water partition coefficient (Wildman–Crippen LogP) is -1.18. The van der Waals surface area contributed by atoms with Gasteiger partial charge < -0.3 is 34.1 Å². The molecule has 0 aliphatic rings. The lowest BCUT2D eigenvalue weighted by atomic mass is 10.6. The van der Waals surface area contributed by atoms with Crippen LogP contribution >= 0.6 is 0 Å². The summed E-state index contributed by atoms with van der Waals surface area (Å²) in [5.74, 6) is -1.86. The van der Waals surface area contributed by atoms with Crippen LogP contribution in [0.15, 0.2) is 0 Å². The predicted molar refractivity (Wildman–Crippen MR) is 80.6 cm³/mol. The fourth-order valence-electron chi connectivity index (χ4n) is 1.33. The number of carboxylic acids is 1. The molecule has 0 rings (SSSR count). The SMILES string of the molecule is CC(=O)OCCOCCOCCOCCNC(=O)COCC(=O)O. The first-order valence-electron chi connectivity index (χ1n) is 7.45. The second-order valence-electron chi connectivity index (χ2n) is 4.41. The van der Waals surface area contributed by atoms with Crippen molar-refractivity contribution < 1.29 is 43.2 Å². The van der Waals surface area contributed by atoms with Crippen LogP contribution in [0.5, 0.6) is 0 Å². The van der Waals surface area contributed by atoms with E-state index in [0.717, 1.165) is 0 Å². The molecule has 140 valence electrons. The Morgan fingerprint density at radius 3 is 1.88 bits per heavy atom. The zero-order valence-corrected chi connectivity index (χ0v) is 13.8. The molecule has 0 fully saturated rings. The van der Waals surface area contributed by atoms with Gasteiger partial charge in [0.1, 0.15) is 19.8 Å². The highest BCUT2D eigenvalue weighted by Gasteiger charge is 2.02. The molecule has 0 aromatic rings. The van der Waals surface area contributed by atoms with Crippen LogP contribution in [0.1, 0.15) is 6.92 Å². The molecule has 24 heavy (non-hydrogen) atoms. The molecular weight excluding hydrogens is 326 g/mol. The minimum atomic E-state index is -1.12. The standard InChI is InChI=1S/C14H25NO9/c1-12(16)24-9-8-22-7-6-21-5-4-20-3-2-15-13(17)10-23-11-14(18)19/h2-11H2,1H3,(H,15,17)(H,18,19). The lowest BCUT2D eigenvalue weighted by molar-refractivity contribution is -0.144. The van der Waals surface area contributed by atoms with Crippen LogP contribution in [0.3, 0.4) is 0 Å². The summed E-state index contributed by atoms with van der Waals surface area (Å²) in [5.41, 5.74) is 0. The molecule has 0 aliphatic heterocycles. The Balaban J connectivity index is 3.16. The van der Waals surface area contributed by atoms with Gasteiger partial charge in [-0.25, -0.2) is 4.79 Å². The molecule has 0 saturated heterocycles. The fraction of sp³-hybridized carbons (Fsp3) is 0.786. The first-order chi connectivity index (χ1) is 11.5. The maximum atomic E-state index is 11.2. The third-order valence-electron chi connectivity index (χ3n) is 2.30. The average Bonchev–Trinajstić information content (AvgIpc) is 2.51. The second kappa shape index (κ2) is 16.1. The zero-order valence-electron chi connectivity index (χ0n) is 13.8. The highest BCUT2D eigenvalue weighted by atomic mass is 16.6. The van der Waals surface area contributed by atoms with Crippen molar-refractivity contribution in [3.05, 3.63) is 0 Å². The average molecular weight is 351 g/mol. The maximum absolute atomic E-state index is 11.2. The Labute approximate surface area is 140 Å². The number of rotatable bonds is 16. The minimum absolute atomic E-state index is 0.228. The molecule has 0 radical (unpaired) electrons. The van der Waals surface area contributed by atoms with Crippen LogP contribution in [0.25, 0.3) is 0 Å². The number of ether oxygens (including phenoxy) is 5. The van der Waals surface area contributed by atoms with E-state index in [9.17, 15) is 14.4 Å². The molecule has 2 N–H and O–H groups in total. The van der Waals surface area contributed by atoms with Gasteiger partial charge in [0.25, 0.3) is 0 Å². The van der Waals surface area contributed by atoms with E-state index in [2.05, 4.69) is 14.8 Å². The number of carbonyl (C=O) groups is 3. The molecule has 0 heterocycles. The summed E-state index contributed by atoms with van der Waals surface area (Å²) < 4.78 is 24.9. The molecule has 0 spiro atoms. The fourth-order valence-corrected chi connectivity index (χ4v) is 1.33. The number of carboxylic acid groups (broad SMARTS) is 1. The summed E-state index contributed by atoms with van der Waals surface area (Å²) in [4.78, 5) is 31.8. The van der Waals surface area contributed by atoms with Crippen molar-refractivity contribution >= 4 is 17.8 Å². The quantitative estimate of drug-likeness (QED) is 0.260. The van der Waals surface area contributed by atoms with Crippen molar-refractivity contribution in [3.63, 3.8) is 0 Å². The summed E-state index contributed by atoms with van der Waals surface area (Å²) in [7, 11) is 0. The van der Waals surface area contributed by atoms with E-state index >= 15 is 0 Å². The Hall–Kier alpha value is -1.75. The molecule has 0 bridgehead atoms. The molecule has 10 heteroatoms. The van der Waals surface area contributed by atoms with Crippen molar-refractivity contribution in [3.8, 4) is 0 Å². The molecule has 1 amide bonds. The number of hydrogen-bond acceptors (Lipinski definition) is 8. The van der Waals surface area contributed by atoms with Gasteiger partial charge in [-0.3, -0.25) is 9.59 Å². The monoisotopic (exact) mass is 351 g/mol. The van der Waals surface area contributed by atoms with Crippen LogP contribution in [-0.2, 0) is 38.1 Å². The second-order valence-corrected chi connectivity index (χ2v) is 4.41. The van der Waals surface area contributed by atoms with Crippen LogP contribution in [0.4, 0.5) is 0 Å². The van der Waals surface area contributed by atoms with Crippen molar-refractivity contribution in [1.82, 2.24) is 5.32 Å². The van der Waals surface area contributed by atoms with Crippen molar-refractivity contribution in [1.29, 1.82) is 0 Å². The van der Waals surface area contributed by atoms with E-state index in [0.29, 0.717) is 46.2 Å². The van der Waals surface area contributed by atoms with E-state index in [4.69, 9.17) is 19.3 Å². The van der Waals surface area contributed by atoms with Gasteiger partial charge in [-0.1, -0.05) is 0 Å². The molecule has 0 atom stereocenters. The Kier molecular flexibility index (Phi) is 14.9. The largest absolute Gasteiger partial charge is 0.480 e. The molecular formula is C14H25NO9. The van der Waals surface area contributed by atoms with Gasteiger partial charge >= 0.3 is 11.9 Å². The molecule has 10 nitrogen and oxygen atoms in total. The normalized spacial score (nSPS) is 10.4. The van der Waals surface area contributed by atoms with Gasteiger partial charge in [0.05, 0.1) is 39.6 Å². The Bertz CT molecular complexity index is 362. The molecule has 0 saturated carbocycles. The first kappa shape index (κ1) is 22.2. The van der Waals surface area contributed by atoms with Crippen molar-refractivity contribution in [2.75, 3.05) is 66.0 Å². The van der Waals surface area contributed by atoms with Crippen molar-refractivity contribution in [2.45, 2.75) is 6.92 Å². The van der Waals surface area contributed by atoms with Crippen LogP contribution in [0, 0.1) is 0 Å². The number of hydrogen-bond donors (Lipinski definition) is 2. The van der Waals surface area contributed by atoms with Crippen LogP contribution in [-0.4, -0.2) is 89.0 Å². The van der Waals surface area contributed by atoms with E-state index in [1.54, 1.807) is 0 Å². The molecule has 0 aromatic heterocycles. The minimum Gasteiger partial charge on any atom is -0.480 e. The van der Waals surface area contributed by atoms with E-state index in [1.165, 1.54) is 6.92 Å². The van der Waals surface area contributed by atoms with Gasteiger partial charge in [-0.05, 0) is 0 Å². The smallest absolute Gasteiger partial charge is 0.329 e. The van der Waals surface area contributed by atoms with Gasteiger partial charge in [0, 0.05) is 13.5 Å². The highest BCUT2D eigenvalue weighted by molar-refractivity contribution is 5.77. The van der Waals surface area contributed by atoms with E-state index in [1.807, 2.05) is 0 Å². The summed E-state index contributed by atoms with van der Waals surface area (Å²) in [6, 6.07) is 0. The Morgan fingerprint density at radius 2 is 1.33 bits per heavy atom. The van der Waals surface area contributed by atoms with Crippen LogP contribution < -0.4 is 5.32 Å². The zero-order chi connectivity index (χ0) is 18.0. The lowest BCUT2D eigenvalue weighted by Crippen LogP contribution is -2.31. The summed E-state index contributed by atoms with van der Waals surface area (Å²) in [6.07, 6.45) is 0. The summed E-state index contributed by atoms with van der Waals surface area (Å²) >= 11 is 0. The lowest BCUT2D eigenvalue weighted by Gasteiger charge is -2.08. The van der Waals surface area contributed by atoms with Gasteiger partial charge in [0.2, 0.25) is 5.91 Å². The van der Waals surface area contributed by atoms with Gasteiger partial charge in [-0.15, -0.1) is 0 Å². The number of esters is 1. The number of nitrogens with one attached hydrogen (secondary N) is 1. The topological polar surface area (TPSA) is 130 Å². The van der Waals surface area contributed by atoms with Gasteiger partial charge in [-0.2, -0.15) is 0 Å². The van der Waals surface area contributed by atoms with E-state index in [-0.39, 0.29) is 19.2 Å². The third-order valence-corrected chi connectivity index (χ3v) is 2.30. The molecule has 0 aliphatic carbocycles. The third kappa shape index (κ3) is 18.3. The highest BCUT2D eigenvalue weighted by Crippen LogP contribution is 1.83. The van der Waals surface area contributed by atoms with Gasteiger partial charge in [0.15, 0.2) is 0 Å².